The lowest BCUT2D eigenvalue weighted by Crippen LogP contribution is -2.54. The van der Waals surface area contributed by atoms with Crippen LogP contribution in [-0.4, -0.2) is 29.1 Å². The second-order valence-electron chi connectivity index (χ2n) is 5.65. The molecule has 0 spiro atoms. The molecule has 0 amide bonds. The van der Waals surface area contributed by atoms with Gasteiger partial charge in [0, 0.05) is 5.57 Å². The highest BCUT2D eigenvalue weighted by molar-refractivity contribution is 6.12. The van der Waals surface area contributed by atoms with Crippen LogP contribution in [0, 0.1) is 5.41 Å². The molecule has 0 radical (unpaired) electrons. The number of carboxylic acids is 1. The van der Waals surface area contributed by atoms with Crippen molar-refractivity contribution >= 4 is 11.8 Å². The van der Waals surface area contributed by atoms with Crippen LogP contribution in [0.5, 0.6) is 0 Å². The van der Waals surface area contributed by atoms with Crippen LogP contribution < -0.4 is 0 Å². The van der Waals surface area contributed by atoms with E-state index < -0.39 is 29.4 Å². The minimum absolute atomic E-state index is 0.232. The van der Waals surface area contributed by atoms with Crippen molar-refractivity contribution in [2.45, 2.75) is 38.9 Å². The first-order chi connectivity index (χ1) is 9.87. The largest absolute Gasteiger partial charge is 0.480 e. The molecule has 1 aromatic rings. The Balaban J connectivity index is 2.21. The van der Waals surface area contributed by atoms with E-state index in [4.69, 9.17) is 4.74 Å². The Morgan fingerprint density at radius 3 is 2.57 bits per heavy atom. The molecule has 0 aliphatic carbocycles. The number of hydrogen-bond acceptors (Lipinski definition) is 3. The molecule has 2 rings (SSSR count). The van der Waals surface area contributed by atoms with Gasteiger partial charge >= 0.3 is 5.97 Å². The number of hydrogen-bond donors (Lipinski definition) is 1. The normalized spacial score (nSPS) is 29.4. The van der Waals surface area contributed by atoms with E-state index in [2.05, 4.69) is 6.58 Å². The molecule has 1 N–H and O–H groups in total. The van der Waals surface area contributed by atoms with E-state index >= 15 is 0 Å². The van der Waals surface area contributed by atoms with Crippen molar-refractivity contribution in [3.05, 3.63) is 48.0 Å². The van der Waals surface area contributed by atoms with Gasteiger partial charge in [0.05, 0.1) is 12.2 Å². The van der Waals surface area contributed by atoms with E-state index in [0.717, 1.165) is 5.56 Å². The second-order valence-corrected chi connectivity index (χ2v) is 5.65. The first-order valence-electron chi connectivity index (χ1n) is 7.03. The first kappa shape index (κ1) is 15.4. The minimum Gasteiger partial charge on any atom is -0.480 e. The van der Waals surface area contributed by atoms with Crippen LogP contribution >= 0.6 is 0 Å². The molecule has 0 saturated carbocycles. The molecule has 0 unspecified atom stereocenters. The predicted molar refractivity (Wildman–Crippen MR) is 79.0 cm³/mol. The zero-order chi connectivity index (χ0) is 15.6. The molecule has 0 aromatic heterocycles. The molecule has 112 valence electrons. The van der Waals surface area contributed by atoms with Gasteiger partial charge in [-0.2, -0.15) is 0 Å². The maximum absolute atomic E-state index is 12.4. The van der Waals surface area contributed by atoms with Gasteiger partial charge in [-0.05, 0) is 32.3 Å². The summed E-state index contributed by atoms with van der Waals surface area (Å²) in [6.45, 7) is 6.84. The van der Waals surface area contributed by atoms with Gasteiger partial charge in [-0.15, -0.1) is 0 Å². The second kappa shape index (κ2) is 5.82. The average Bonchev–Trinajstić information content (AvgIpc) is 2.48. The van der Waals surface area contributed by atoms with E-state index in [9.17, 15) is 14.7 Å². The van der Waals surface area contributed by atoms with Crippen molar-refractivity contribution in [2.75, 3.05) is 0 Å². The number of aliphatic carboxylic acids is 1. The standard InChI is InChI=1S/C17H20O4/c1-11-12(2)21-14(17(3,15(11)18)16(19)20)10-9-13-7-5-4-6-8-13/h4-8,12,14H,1,9-10H2,2-3H3,(H,19,20)/t12-,14+,17-/m1/s1. The summed E-state index contributed by atoms with van der Waals surface area (Å²) in [6.07, 6.45) is 0.0609. The molecule has 4 heteroatoms. The molecule has 1 fully saturated rings. The Kier molecular flexibility index (Phi) is 4.28. The van der Waals surface area contributed by atoms with Crippen molar-refractivity contribution in [3.8, 4) is 0 Å². The summed E-state index contributed by atoms with van der Waals surface area (Å²) in [5.74, 6) is -1.58. The van der Waals surface area contributed by atoms with Gasteiger partial charge < -0.3 is 9.84 Å². The molecular weight excluding hydrogens is 268 g/mol. The molecule has 1 aliphatic rings. The molecule has 1 heterocycles. The molecule has 4 nitrogen and oxygen atoms in total. The lowest BCUT2D eigenvalue weighted by molar-refractivity contribution is -0.172. The lowest BCUT2D eigenvalue weighted by atomic mass is 9.72. The zero-order valence-electron chi connectivity index (χ0n) is 12.3. The van der Waals surface area contributed by atoms with E-state index in [-0.39, 0.29) is 5.57 Å². The fourth-order valence-corrected chi connectivity index (χ4v) is 2.66. The Labute approximate surface area is 124 Å². The average molecular weight is 288 g/mol. The predicted octanol–water partition coefficient (Wildman–Crippen LogP) is 2.62. The number of carboxylic acid groups (broad SMARTS) is 1. The number of carbonyl (C=O) groups is 2. The number of aryl methyl sites for hydroxylation is 1. The Morgan fingerprint density at radius 1 is 1.38 bits per heavy atom. The summed E-state index contributed by atoms with van der Waals surface area (Å²) in [6, 6.07) is 9.75. The molecule has 3 atom stereocenters. The van der Waals surface area contributed by atoms with Gasteiger partial charge in [0.1, 0.15) is 0 Å². The summed E-state index contributed by atoms with van der Waals surface area (Å²) in [5.41, 5.74) is -0.229. The van der Waals surface area contributed by atoms with Crippen LogP contribution in [0.15, 0.2) is 42.5 Å². The van der Waals surface area contributed by atoms with Crippen LogP contribution in [0.25, 0.3) is 0 Å². The summed E-state index contributed by atoms with van der Waals surface area (Å²) in [7, 11) is 0. The maximum Gasteiger partial charge on any atom is 0.319 e. The van der Waals surface area contributed by atoms with Gasteiger partial charge in [0.25, 0.3) is 0 Å². The Morgan fingerprint density at radius 2 is 2.00 bits per heavy atom. The van der Waals surface area contributed by atoms with Crippen molar-refractivity contribution in [1.29, 1.82) is 0 Å². The Hall–Kier alpha value is -1.94. The van der Waals surface area contributed by atoms with Gasteiger partial charge in [0.2, 0.25) is 0 Å². The monoisotopic (exact) mass is 288 g/mol. The fraction of sp³-hybridized carbons (Fsp3) is 0.412. The van der Waals surface area contributed by atoms with Gasteiger partial charge in [0.15, 0.2) is 11.2 Å². The van der Waals surface area contributed by atoms with Gasteiger partial charge in [-0.1, -0.05) is 36.9 Å². The highest BCUT2D eigenvalue weighted by Gasteiger charge is 2.53. The smallest absolute Gasteiger partial charge is 0.319 e. The molecule has 21 heavy (non-hydrogen) atoms. The number of ether oxygens (including phenoxy) is 1. The quantitative estimate of drug-likeness (QED) is 0.683. The highest BCUT2D eigenvalue weighted by Crippen LogP contribution is 2.38. The summed E-state index contributed by atoms with van der Waals surface area (Å²) in [4.78, 5) is 24.0. The molecule has 0 bridgehead atoms. The van der Waals surface area contributed by atoms with E-state index in [1.807, 2.05) is 30.3 Å². The summed E-state index contributed by atoms with van der Waals surface area (Å²) >= 11 is 0. The van der Waals surface area contributed by atoms with Crippen LogP contribution in [0.1, 0.15) is 25.8 Å². The number of rotatable bonds is 4. The van der Waals surface area contributed by atoms with Gasteiger partial charge in [-0.3, -0.25) is 9.59 Å². The van der Waals surface area contributed by atoms with Crippen molar-refractivity contribution in [3.63, 3.8) is 0 Å². The third kappa shape index (κ3) is 2.76. The Bertz CT molecular complexity index is 563. The number of carbonyl (C=O) groups excluding carboxylic acids is 1. The fourth-order valence-electron chi connectivity index (χ4n) is 2.66. The first-order valence-corrected chi connectivity index (χ1v) is 7.03. The highest BCUT2D eigenvalue weighted by atomic mass is 16.5. The third-order valence-electron chi connectivity index (χ3n) is 4.25. The van der Waals surface area contributed by atoms with Crippen LogP contribution in [0.3, 0.4) is 0 Å². The van der Waals surface area contributed by atoms with Crippen LogP contribution in [-0.2, 0) is 20.7 Å². The van der Waals surface area contributed by atoms with E-state index in [1.165, 1.54) is 6.92 Å². The van der Waals surface area contributed by atoms with Crippen molar-refractivity contribution < 1.29 is 19.4 Å². The molecule has 1 aliphatic heterocycles. The number of Topliss-reactive ketones (excluding diaryl/α,β-unsaturated/α-hetero) is 1. The van der Waals surface area contributed by atoms with Crippen molar-refractivity contribution in [2.24, 2.45) is 5.41 Å². The number of ketones is 1. The van der Waals surface area contributed by atoms with E-state index in [1.54, 1.807) is 6.92 Å². The summed E-state index contributed by atoms with van der Waals surface area (Å²) < 4.78 is 5.77. The van der Waals surface area contributed by atoms with E-state index in [0.29, 0.717) is 12.8 Å². The lowest BCUT2D eigenvalue weighted by Gasteiger charge is -2.40. The topological polar surface area (TPSA) is 63.6 Å². The maximum atomic E-state index is 12.4. The molecule has 1 saturated heterocycles. The van der Waals surface area contributed by atoms with Crippen molar-refractivity contribution in [1.82, 2.24) is 0 Å². The van der Waals surface area contributed by atoms with Crippen LogP contribution in [0.2, 0.25) is 0 Å². The van der Waals surface area contributed by atoms with Gasteiger partial charge in [-0.25, -0.2) is 0 Å². The summed E-state index contributed by atoms with van der Waals surface area (Å²) in [5, 5.41) is 9.50. The third-order valence-corrected chi connectivity index (χ3v) is 4.25. The molecular formula is C17H20O4. The molecule has 1 aromatic carbocycles. The SMILES string of the molecule is C=C1C(=O)[C@](C)(C(=O)O)[C@H](CCc2ccccc2)O[C@@H]1C. The minimum atomic E-state index is -1.56. The number of benzene rings is 1. The zero-order valence-corrected chi connectivity index (χ0v) is 12.3. The van der Waals surface area contributed by atoms with Crippen LogP contribution in [0.4, 0.5) is 0 Å².